The third-order valence-corrected chi connectivity index (χ3v) is 6.21. The zero-order chi connectivity index (χ0) is 24.8. The van der Waals surface area contributed by atoms with Crippen LogP contribution >= 0.6 is 0 Å². The van der Waals surface area contributed by atoms with Crippen molar-refractivity contribution in [2.75, 3.05) is 24.6 Å². The van der Waals surface area contributed by atoms with Crippen LogP contribution in [-0.2, 0) is 14.3 Å². The number of para-hydroxylation sites is 1. The molecule has 0 fully saturated rings. The first kappa shape index (κ1) is 24.0. The minimum Gasteiger partial charge on any atom is -0.481 e. The minimum atomic E-state index is -0.979. The monoisotopic (exact) mass is 472 g/mol. The molecular weight excluding hydrogens is 444 g/mol. The molecular formula is C28H28N2O5. The van der Waals surface area contributed by atoms with Gasteiger partial charge in [-0.05, 0) is 40.8 Å². The fourth-order valence-corrected chi connectivity index (χ4v) is 4.51. The van der Waals surface area contributed by atoms with E-state index in [0.717, 1.165) is 27.8 Å². The van der Waals surface area contributed by atoms with Gasteiger partial charge in [0.1, 0.15) is 6.61 Å². The number of ether oxygens (including phenoxy) is 1. The molecule has 180 valence electrons. The van der Waals surface area contributed by atoms with Crippen molar-refractivity contribution in [1.29, 1.82) is 0 Å². The maximum atomic E-state index is 12.9. The second-order valence-corrected chi connectivity index (χ2v) is 8.48. The lowest BCUT2D eigenvalue weighted by atomic mass is 9.98. The van der Waals surface area contributed by atoms with E-state index in [-0.39, 0.29) is 44.4 Å². The van der Waals surface area contributed by atoms with Gasteiger partial charge in [-0.2, -0.15) is 0 Å². The first-order valence-electron chi connectivity index (χ1n) is 11.6. The van der Waals surface area contributed by atoms with Crippen LogP contribution in [0, 0.1) is 6.92 Å². The largest absolute Gasteiger partial charge is 0.481 e. The molecule has 4 rings (SSSR count). The number of benzene rings is 3. The number of nitrogens with zero attached hydrogens (tertiary/aromatic N) is 1. The van der Waals surface area contributed by atoms with Crippen LogP contribution in [0.15, 0.2) is 72.8 Å². The van der Waals surface area contributed by atoms with E-state index >= 15 is 0 Å². The number of anilines is 1. The van der Waals surface area contributed by atoms with Crippen molar-refractivity contribution < 1.29 is 24.2 Å². The van der Waals surface area contributed by atoms with E-state index in [4.69, 9.17) is 9.84 Å². The molecule has 0 aliphatic heterocycles. The van der Waals surface area contributed by atoms with Gasteiger partial charge in [0.2, 0.25) is 5.91 Å². The Morgan fingerprint density at radius 3 is 2.11 bits per heavy atom. The summed E-state index contributed by atoms with van der Waals surface area (Å²) in [5, 5.41) is 11.7. The molecule has 35 heavy (non-hydrogen) atoms. The van der Waals surface area contributed by atoms with E-state index in [1.165, 1.54) is 4.90 Å². The number of hydrogen-bond donors (Lipinski definition) is 2. The van der Waals surface area contributed by atoms with Gasteiger partial charge in [-0.1, -0.05) is 66.7 Å². The van der Waals surface area contributed by atoms with Gasteiger partial charge in [0.25, 0.3) is 0 Å². The Morgan fingerprint density at radius 2 is 1.49 bits per heavy atom. The summed E-state index contributed by atoms with van der Waals surface area (Å²) < 4.78 is 5.51. The number of alkyl carbamates (subject to hydrolysis) is 1. The zero-order valence-electron chi connectivity index (χ0n) is 19.6. The second-order valence-electron chi connectivity index (χ2n) is 8.48. The highest BCUT2D eigenvalue weighted by molar-refractivity contribution is 5.94. The summed E-state index contributed by atoms with van der Waals surface area (Å²) in [6.45, 7) is 2.21. The third-order valence-electron chi connectivity index (χ3n) is 6.21. The number of carboxylic acid groups (broad SMARTS) is 1. The molecule has 2 amide bonds. The van der Waals surface area contributed by atoms with Crippen LogP contribution in [0.3, 0.4) is 0 Å². The molecule has 0 aromatic heterocycles. The molecule has 0 atom stereocenters. The molecule has 0 unspecified atom stereocenters. The lowest BCUT2D eigenvalue weighted by Gasteiger charge is -2.24. The fourth-order valence-electron chi connectivity index (χ4n) is 4.51. The first-order chi connectivity index (χ1) is 17.0. The van der Waals surface area contributed by atoms with Crippen molar-refractivity contribution in [3.63, 3.8) is 0 Å². The predicted molar refractivity (Wildman–Crippen MR) is 133 cm³/mol. The number of rotatable bonds is 9. The Morgan fingerprint density at radius 1 is 0.886 bits per heavy atom. The number of nitrogens with one attached hydrogen (secondary N) is 1. The molecule has 7 heteroatoms. The van der Waals surface area contributed by atoms with Crippen LogP contribution in [0.4, 0.5) is 10.5 Å². The van der Waals surface area contributed by atoms with Crippen molar-refractivity contribution in [2.45, 2.75) is 25.7 Å². The first-order valence-corrected chi connectivity index (χ1v) is 11.6. The number of fused-ring (bicyclic) bond motifs is 3. The highest BCUT2D eigenvalue weighted by Crippen LogP contribution is 2.44. The maximum absolute atomic E-state index is 12.9. The Labute approximate surface area is 204 Å². The van der Waals surface area contributed by atoms with Crippen molar-refractivity contribution in [1.82, 2.24) is 5.32 Å². The third kappa shape index (κ3) is 5.51. The average Bonchev–Trinajstić information content (AvgIpc) is 3.17. The topological polar surface area (TPSA) is 95.9 Å². The van der Waals surface area contributed by atoms with Crippen LogP contribution in [-0.4, -0.2) is 42.8 Å². The van der Waals surface area contributed by atoms with Crippen LogP contribution in [0.2, 0.25) is 0 Å². The summed E-state index contributed by atoms with van der Waals surface area (Å²) in [4.78, 5) is 37.8. The summed E-state index contributed by atoms with van der Waals surface area (Å²) in [6, 6.07) is 23.5. The van der Waals surface area contributed by atoms with Gasteiger partial charge in [0.05, 0.1) is 6.42 Å². The SMILES string of the molecule is Cc1ccccc1N(CCC(=O)O)C(=O)CCNC(=O)OCC1c2ccccc2-c2ccccc21. The molecule has 0 saturated heterocycles. The van der Waals surface area contributed by atoms with Gasteiger partial charge in [0, 0.05) is 31.1 Å². The van der Waals surface area contributed by atoms with Gasteiger partial charge in [0.15, 0.2) is 0 Å². The maximum Gasteiger partial charge on any atom is 0.407 e. The fraction of sp³-hybridized carbons (Fsp3) is 0.250. The Bertz CT molecular complexity index is 1190. The van der Waals surface area contributed by atoms with Gasteiger partial charge in [-0.15, -0.1) is 0 Å². The number of carbonyl (C=O) groups is 3. The van der Waals surface area contributed by atoms with Crippen LogP contribution in [0.5, 0.6) is 0 Å². The molecule has 3 aromatic carbocycles. The molecule has 0 heterocycles. The van der Waals surface area contributed by atoms with E-state index in [0.29, 0.717) is 5.69 Å². The Balaban J connectivity index is 1.32. The number of aliphatic carboxylic acids is 1. The molecule has 2 N–H and O–H groups in total. The summed E-state index contributed by atoms with van der Waals surface area (Å²) in [6.07, 6.45) is -0.731. The molecule has 7 nitrogen and oxygen atoms in total. The van der Waals surface area contributed by atoms with Gasteiger partial charge < -0.3 is 20.1 Å². The van der Waals surface area contributed by atoms with Gasteiger partial charge >= 0.3 is 12.1 Å². The lowest BCUT2D eigenvalue weighted by molar-refractivity contribution is -0.136. The molecule has 1 aliphatic carbocycles. The number of amides is 2. The molecule has 0 bridgehead atoms. The average molecular weight is 473 g/mol. The number of aryl methyl sites for hydroxylation is 1. The molecule has 0 radical (unpaired) electrons. The van der Waals surface area contributed by atoms with Crippen LogP contribution in [0.1, 0.15) is 35.4 Å². The highest BCUT2D eigenvalue weighted by Gasteiger charge is 2.29. The summed E-state index contributed by atoms with van der Waals surface area (Å²) in [7, 11) is 0. The molecule has 0 spiro atoms. The summed E-state index contributed by atoms with van der Waals surface area (Å²) in [5.41, 5.74) is 6.10. The van der Waals surface area contributed by atoms with E-state index < -0.39 is 12.1 Å². The zero-order valence-corrected chi connectivity index (χ0v) is 19.6. The predicted octanol–water partition coefficient (Wildman–Crippen LogP) is 4.73. The minimum absolute atomic E-state index is 0.0259. The Kier molecular flexibility index (Phi) is 7.45. The molecule has 3 aromatic rings. The van der Waals surface area contributed by atoms with E-state index in [1.54, 1.807) is 12.1 Å². The lowest BCUT2D eigenvalue weighted by Crippen LogP contribution is -2.36. The standard InChI is InChI=1S/C28H28N2O5/c1-19-8-2-7-13-25(19)30(17-15-27(32)33)26(31)14-16-29-28(34)35-18-24-22-11-5-3-9-20(22)21-10-4-6-12-23(21)24/h2-13,24H,14-18H2,1H3,(H,29,34)(H,32,33). The van der Waals surface area contributed by atoms with E-state index in [9.17, 15) is 14.4 Å². The van der Waals surface area contributed by atoms with Gasteiger partial charge in [-0.25, -0.2) is 4.79 Å². The van der Waals surface area contributed by atoms with Crippen molar-refractivity contribution in [3.8, 4) is 11.1 Å². The second kappa shape index (κ2) is 10.9. The Hall–Kier alpha value is -4.13. The van der Waals surface area contributed by atoms with Crippen LogP contribution < -0.4 is 10.2 Å². The van der Waals surface area contributed by atoms with Crippen molar-refractivity contribution in [2.24, 2.45) is 0 Å². The molecule has 0 saturated carbocycles. The molecule has 1 aliphatic rings. The smallest absolute Gasteiger partial charge is 0.407 e. The van der Waals surface area contributed by atoms with Crippen molar-refractivity contribution in [3.05, 3.63) is 89.5 Å². The number of carboxylic acids is 1. The quantitative estimate of drug-likeness (QED) is 0.469. The number of hydrogen-bond acceptors (Lipinski definition) is 4. The van der Waals surface area contributed by atoms with Gasteiger partial charge in [-0.3, -0.25) is 9.59 Å². The van der Waals surface area contributed by atoms with E-state index in [2.05, 4.69) is 29.6 Å². The number of carbonyl (C=O) groups excluding carboxylic acids is 2. The van der Waals surface area contributed by atoms with Crippen molar-refractivity contribution >= 4 is 23.7 Å². The van der Waals surface area contributed by atoms with E-state index in [1.807, 2.05) is 43.3 Å². The highest BCUT2D eigenvalue weighted by atomic mass is 16.5. The normalized spacial score (nSPS) is 11.9. The summed E-state index contributed by atoms with van der Waals surface area (Å²) in [5.74, 6) is -1.28. The van der Waals surface area contributed by atoms with Crippen LogP contribution in [0.25, 0.3) is 11.1 Å². The summed E-state index contributed by atoms with van der Waals surface area (Å²) >= 11 is 0.